The summed E-state index contributed by atoms with van der Waals surface area (Å²) in [6.07, 6.45) is 2.63. The first-order valence-electron chi connectivity index (χ1n) is 6.15. The van der Waals surface area contributed by atoms with Crippen LogP contribution in [0, 0.1) is 27.3 Å². The molecule has 100 valence electrons. The lowest BCUT2D eigenvalue weighted by atomic mass is 10.1. The van der Waals surface area contributed by atoms with E-state index in [4.69, 9.17) is 5.26 Å². The van der Waals surface area contributed by atoms with Gasteiger partial charge in [-0.1, -0.05) is 6.07 Å². The highest BCUT2D eigenvalue weighted by Crippen LogP contribution is 2.29. The van der Waals surface area contributed by atoms with Gasteiger partial charge in [-0.2, -0.15) is 9.65 Å². The van der Waals surface area contributed by atoms with Crippen LogP contribution in [0.5, 0.6) is 0 Å². The molecule has 0 N–H and O–H groups in total. The number of benzene rings is 1. The third-order valence-corrected chi connectivity index (χ3v) is 3.17. The molecule has 0 bridgehead atoms. The maximum Gasteiger partial charge on any atom is 0.304 e. The van der Waals surface area contributed by atoms with Crippen LogP contribution in [0.1, 0.15) is 24.8 Å². The maximum absolute atomic E-state index is 13.5. The van der Waals surface area contributed by atoms with E-state index >= 15 is 0 Å². The molecule has 0 amide bonds. The summed E-state index contributed by atoms with van der Waals surface area (Å²) in [5, 5.41) is 19.1. The number of rotatable bonds is 6. The minimum atomic E-state index is -0.807. The molecule has 0 heterocycles. The fourth-order valence-corrected chi connectivity index (χ4v) is 2.06. The Morgan fingerprint density at radius 2 is 2.26 bits per heavy atom. The average Bonchev–Trinajstić information content (AvgIpc) is 3.18. The fraction of sp³-hybridized carbons (Fsp3) is 0.462. The second kappa shape index (κ2) is 5.76. The van der Waals surface area contributed by atoms with E-state index in [0.717, 1.165) is 12.8 Å². The van der Waals surface area contributed by atoms with E-state index in [1.54, 1.807) is 6.07 Å². The number of nitriles is 1. The first-order valence-corrected chi connectivity index (χ1v) is 6.15. The van der Waals surface area contributed by atoms with Gasteiger partial charge in [-0.05, 0) is 24.5 Å². The molecular weight excluding hydrogens is 249 g/mol. The monoisotopic (exact) mass is 263 g/mol. The number of nitrogens with zero attached hydrogens (tertiary/aromatic N) is 3. The SMILES string of the molecule is N#CCCN(Cc1ccc([N+](=O)[O-])c(F)c1)C1CC1. The van der Waals surface area contributed by atoms with Crippen LogP contribution in [0.4, 0.5) is 10.1 Å². The van der Waals surface area contributed by atoms with Crippen molar-refractivity contribution in [2.24, 2.45) is 0 Å². The van der Waals surface area contributed by atoms with Gasteiger partial charge < -0.3 is 0 Å². The topological polar surface area (TPSA) is 70.2 Å². The first-order chi connectivity index (χ1) is 9.11. The van der Waals surface area contributed by atoms with Crippen molar-refractivity contribution < 1.29 is 9.31 Å². The van der Waals surface area contributed by atoms with Crippen molar-refractivity contribution in [2.45, 2.75) is 31.8 Å². The van der Waals surface area contributed by atoms with E-state index in [0.29, 0.717) is 31.1 Å². The van der Waals surface area contributed by atoms with E-state index in [1.165, 1.54) is 12.1 Å². The van der Waals surface area contributed by atoms with Gasteiger partial charge in [0.05, 0.1) is 11.0 Å². The minimum absolute atomic E-state index is 0.436. The van der Waals surface area contributed by atoms with Gasteiger partial charge in [0.1, 0.15) is 0 Å². The second-order valence-corrected chi connectivity index (χ2v) is 4.65. The van der Waals surface area contributed by atoms with Gasteiger partial charge >= 0.3 is 5.69 Å². The molecule has 1 saturated carbocycles. The molecule has 0 spiro atoms. The summed E-state index contributed by atoms with van der Waals surface area (Å²) in [4.78, 5) is 11.9. The van der Waals surface area contributed by atoms with E-state index in [-0.39, 0.29) is 0 Å². The molecule has 1 aromatic carbocycles. The molecule has 0 aliphatic heterocycles. The standard InChI is InChI=1S/C13H14FN3O2/c14-12-8-10(2-5-13(12)17(18)19)9-16(7-1-6-15)11-3-4-11/h2,5,8,11H,1,3-4,7,9H2. The zero-order valence-corrected chi connectivity index (χ0v) is 10.4. The zero-order chi connectivity index (χ0) is 13.8. The minimum Gasteiger partial charge on any atom is -0.295 e. The van der Waals surface area contributed by atoms with Crippen LogP contribution >= 0.6 is 0 Å². The van der Waals surface area contributed by atoms with Crippen LogP contribution in [-0.4, -0.2) is 22.4 Å². The number of hydrogen-bond acceptors (Lipinski definition) is 4. The van der Waals surface area contributed by atoms with Crippen molar-refractivity contribution in [3.63, 3.8) is 0 Å². The van der Waals surface area contributed by atoms with Gasteiger partial charge in [-0.15, -0.1) is 0 Å². The average molecular weight is 263 g/mol. The molecule has 1 aromatic rings. The Morgan fingerprint density at radius 1 is 1.53 bits per heavy atom. The summed E-state index contributed by atoms with van der Waals surface area (Å²) >= 11 is 0. The van der Waals surface area contributed by atoms with E-state index in [2.05, 4.69) is 11.0 Å². The highest BCUT2D eigenvalue weighted by Gasteiger charge is 2.28. The molecule has 0 saturated heterocycles. The van der Waals surface area contributed by atoms with Crippen molar-refractivity contribution >= 4 is 5.69 Å². The Bertz CT molecular complexity index is 523. The predicted octanol–water partition coefficient (Wildman–Crippen LogP) is 2.61. The number of hydrogen-bond donors (Lipinski definition) is 0. The normalized spacial score (nSPS) is 14.4. The molecule has 6 heteroatoms. The molecule has 1 aliphatic rings. The van der Waals surface area contributed by atoms with Crippen LogP contribution in [-0.2, 0) is 6.54 Å². The summed E-state index contributed by atoms with van der Waals surface area (Å²) in [6, 6.07) is 6.54. The largest absolute Gasteiger partial charge is 0.304 e. The molecule has 0 aromatic heterocycles. The van der Waals surface area contributed by atoms with Gasteiger partial charge in [0, 0.05) is 31.6 Å². The first kappa shape index (κ1) is 13.4. The van der Waals surface area contributed by atoms with Crippen molar-refractivity contribution in [1.29, 1.82) is 5.26 Å². The zero-order valence-electron chi connectivity index (χ0n) is 10.4. The lowest BCUT2D eigenvalue weighted by molar-refractivity contribution is -0.387. The van der Waals surface area contributed by atoms with Crippen LogP contribution in [0.15, 0.2) is 18.2 Å². The summed E-state index contributed by atoms with van der Waals surface area (Å²) in [5.41, 5.74) is 0.201. The molecule has 2 rings (SSSR count). The highest BCUT2D eigenvalue weighted by molar-refractivity contribution is 5.35. The van der Waals surface area contributed by atoms with Crippen LogP contribution in [0.2, 0.25) is 0 Å². The Morgan fingerprint density at radius 3 is 2.79 bits per heavy atom. The molecule has 1 aliphatic carbocycles. The summed E-state index contributed by atoms with van der Waals surface area (Å²) in [5.74, 6) is -0.807. The number of halogens is 1. The Kier molecular flexibility index (Phi) is 4.07. The quantitative estimate of drug-likeness (QED) is 0.584. The predicted molar refractivity (Wildman–Crippen MR) is 66.7 cm³/mol. The van der Waals surface area contributed by atoms with Gasteiger partial charge in [0.2, 0.25) is 5.82 Å². The van der Waals surface area contributed by atoms with E-state index in [9.17, 15) is 14.5 Å². The lowest BCUT2D eigenvalue weighted by Gasteiger charge is -2.20. The third-order valence-electron chi connectivity index (χ3n) is 3.17. The fourth-order valence-electron chi connectivity index (χ4n) is 2.06. The molecule has 19 heavy (non-hydrogen) atoms. The smallest absolute Gasteiger partial charge is 0.295 e. The van der Waals surface area contributed by atoms with Gasteiger partial charge in [-0.3, -0.25) is 15.0 Å². The summed E-state index contributed by atoms with van der Waals surface area (Å²) in [7, 11) is 0. The van der Waals surface area contributed by atoms with Crippen molar-refractivity contribution in [1.82, 2.24) is 4.90 Å². The van der Waals surface area contributed by atoms with Crippen LogP contribution < -0.4 is 0 Å². The van der Waals surface area contributed by atoms with Gasteiger partial charge in [0.25, 0.3) is 0 Å². The maximum atomic E-state index is 13.5. The van der Waals surface area contributed by atoms with Gasteiger partial charge in [-0.25, -0.2) is 0 Å². The molecular formula is C13H14FN3O2. The Hall–Kier alpha value is -2.00. The van der Waals surface area contributed by atoms with Crippen molar-refractivity contribution in [2.75, 3.05) is 6.54 Å². The number of nitro benzene ring substituents is 1. The van der Waals surface area contributed by atoms with Crippen molar-refractivity contribution in [3.8, 4) is 6.07 Å². The van der Waals surface area contributed by atoms with E-state index < -0.39 is 16.4 Å². The highest BCUT2D eigenvalue weighted by atomic mass is 19.1. The summed E-state index contributed by atoms with van der Waals surface area (Å²) < 4.78 is 13.5. The molecule has 0 atom stereocenters. The Balaban J connectivity index is 2.07. The molecule has 0 unspecified atom stereocenters. The van der Waals surface area contributed by atoms with E-state index in [1.807, 2.05) is 0 Å². The van der Waals surface area contributed by atoms with Gasteiger partial charge in [0.15, 0.2) is 0 Å². The molecule has 0 radical (unpaired) electrons. The van der Waals surface area contributed by atoms with Crippen molar-refractivity contribution in [3.05, 3.63) is 39.7 Å². The summed E-state index contributed by atoms with van der Waals surface area (Å²) in [6.45, 7) is 1.18. The van der Waals surface area contributed by atoms with Crippen LogP contribution in [0.3, 0.4) is 0 Å². The third kappa shape index (κ3) is 3.48. The number of nitro groups is 1. The molecule has 1 fully saturated rings. The lowest BCUT2D eigenvalue weighted by Crippen LogP contribution is -2.26. The van der Waals surface area contributed by atoms with Crippen LogP contribution in [0.25, 0.3) is 0 Å². The Labute approximate surface area is 110 Å². The molecule has 5 nitrogen and oxygen atoms in total. The second-order valence-electron chi connectivity index (χ2n) is 4.65.